The van der Waals surface area contributed by atoms with Crippen LogP contribution in [0.2, 0.25) is 5.02 Å². The highest BCUT2D eigenvalue weighted by Gasteiger charge is 2.20. The average Bonchev–Trinajstić information content (AvgIpc) is 2.78. The van der Waals surface area contributed by atoms with Crippen molar-refractivity contribution in [1.29, 1.82) is 0 Å². The van der Waals surface area contributed by atoms with Crippen molar-refractivity contribution < 1.29 is 18.7 Å². The van der Waals surface area contributed by atoms with Gasteiger partial charge >= 0.3 is 5.97 Å². The summed E-state index contributed by atoms with van der Waals surface area (Å²) in [5.41, 5.74) is 2.39. The van der Waals surface area contributed by atoms with Crippen LogP contribution in [-0.4, -0.2) is 18.7 Å². The second kappa shape index (κ2) is 11.2. The number of aryl methyl sites for hydroxylation is 1. The summed E-state index contributed by atoms with van der Waals surface area (Å²) in [7, 11) is 0. The van der Waals surface area contributed by atoms with Crippen molar-refractivity contribution in [3.63, 3.8) is 0 Å². The van der Waals surface area contributed by atoms with Gasteiger partial charge in [-0.25, -0.2) is 4.79 Å². The second-order valence-corrected chi connectivity index (χ2v) is 8.20. The van der Waals surface area contributed by atoms with Gasteiger partial charge in [0.05, 0.1) is 17.6 Å². The zero-order valence-corrected chi connectivity index (χ0v) is 19.5. The second-order valence-electron chi connectivity index (χ2n) is 7.76. The Morgan fingerprint density at radius 2 is 1.84 bits per heavy atom. The third-order valence-corrected chi connectivity index (χ3v) is 5.58. The molecule has 0 amide bonds. The maximum Gasteiger partial charge on any atom is 0.347 e. The van der Waals surface area contributed by atoms with Gasteiger partial charge in [0.2, 0.25) is 5.43 Å². The molecule has 0 aliphatic carbocycles. The van der Waals surface area contributed by atoms with Gasteiger partial charge in [0.1, 0.15) is 17.6 Å². The summed E-state index contributed by atoms with van der Waals surface area (Å²) in [5.74, 6) is 0.112. The predicted molar refractivity (Wildman–Crippen MR) is 127 cm³/mol. The van der Waals surface area contributed by atoms with Crippen molar-refractivity contribution in [2.24, 2.45) is 0 Å². The Morgan fingerprint density at radius 1 is 1.09 bits per heavy atom. The molecule has 0 bridgehead atoms. The van der Waals surface area contributed by atoms with Crippen molar-refractivity contribution in [2.45, 2.75) is 59.0 Å². The lowest BCUT2D eigenvalue weighted by Crippen LogP contribution is -2.26. The largest absolute Gasteiger partial charge is 0.479 e. The minimum absolute atomic E-state index is 0.117. The minimum Gasteiger partial charge on any atom is -0.479 e. The summed E-state index contributed by atoms with van der Waals surface area (Å²) < 4.78 is 16.8. The van der Waals surface area contributed by atoms with Crippen LogP contribution in [0, 0.1) is 0 Å². The molecule has 0 saturated heterocycles. The van der Waals surface area contributed by atoms with E-state index in [1.54, 1.807) is 44.2 Å². The van der Waals surface area contributed by atoms with Crippen molar-refractivity contribution in [3.05, 3.63) is 63.5 Å². The first kappa shape index (κ1) is 23.9. The summed E-state index contributed by atoms with van der Waals surface area (Å²) in [6.45, 7) is 5.86. The number of unbranched alkanes of at least 4 members (excludes halogenated alkanes) is 3. The van der Waals surface area contributed by atoms with Gasteiger partial charge in [0.25, 0.3) is 0 Å². The molecule has 2 aromatic carbocycles. The zero-order valence-electron chi connectivity index (χ0n) is 18.8. The average molecular weight is 457 g/mol. The number of esters is 1. The fraction of sp³-hybridized carbons (Fsp3) is 0.385. The molecule has 1 unspecified atom stereocenters. The monoisotopic (exact) mass is 456 g/mol. The lowest BCUT2D eigenvalue weighted by Gasteiger charge is -2.17. The Morgan fingerprint density at radius 3 is 2.53 bits per heavy atom. The van der Waals surface area contributed by atoms with Gasteiger partial charge in [-0.3, -0.25) is 4.79 Å². The maximum absolute atomic E-state index is 13.3. The van der Waals surface area contributed by atoms with Gasteiger partial charge in [-0.05, 0) is 56.0 Å². The molecule has 0 fully saturated rings. The smallest absolute Gasteiger partial charge is 0.347 e. The van der Waals surface area contributed by atoms with Crippen LogP contribution in [0.15, 0.2) is 51.9 Å². The SMILES string of the molecule is CCCCCCc1cc2c(=O)c(-c3ccc(Cl)cc3)coc2cc1OC(C)C(=O)OCC. The molecule has 0 radical (unpaired) electrons. The summed E-state index contributed by atoms with van der Waals surface area (Å²) in [5, 5.41) is 1.09. The molecule has 3 aromatic rings. The molecule has 1 heterocycles. The lowest BCUT2D eigenvalue weighted by atomic mass is 10.0. The van der Waals surface area contributed by atoms with Crippen LogP contribution >= 0.6 is 11.6 Å². The van der Waals surface area contributed by atoms with Crippen LogP contribution < -0.4 is 10.2 Å². The molecule has 1 aromatic heterocycles. The topological polar surface area (TPSA) is 65.7 Å². The number of ether oxygens (including phenoxy) is 2. The number of carbonyl (C=O) groups excluding carboxylic acids is 1. The predicted octanol–water partition coefficient (Wildman–Crippen LogP) is 6.57. The molecule has 1 atom stereocenters. The quantitative estimate of drug-likeness (QED) is 0.255. The van der Waals surface area contributed by atoms with Gasteiger partial charge in [0, 0.05) is 11.1 Å². The number of rotatable bonds is 10. The summed E-state index contributed by atoms with van der Waals surface area (Å²) in [6.07, 6.45) is 5.76. The Labute approximate surface area is 193 Å². The van der Waals surface area contributed by atoms with Crippen molar-refractivity contribution >= 4 is 28.5 Å². The maximum atomic E-state index is 13.3. The number of benzene rings is 2. The van der Waals surface area contributed by atoms with E-state index >= 15 is 0 Å². The van der Waals surface area contributed by atoms with Gasteiger partial charge in [-0.2, -0.15) is 0 Å². The van der Waals surface area contributed by atoms with E-state index in [4.69, 9.17) is 25.5 Å². The van der Waals surface area contributed by atoms with Gasteiger partial charge in [-0.1, -0.05) is 49.9 Å². The van der Waals surface area contributed by atoms with E-state index in [9.17, 15) is 9.59 Å². The van der Waals surface area contributed by atoms with E-state index in [2.05, 4.69) is 6.92 Å². The van der Waals surface area contributed by atoms with E-state index < -0.39 is 12.1 Å². The van der Waals surface area contributed by atoms with Crippen LogP contribution in [0.4, 0.5) is 0 Å². The first-order valence-electron chi connectivity index (χ1n) is 11.1. The van der Waals surface area contributed by atoms with Crippen LogP contribution in [0.5, 0.6) is 5.75 Å². The van der Waals surface area contributed by atoms with Crippen molar-refractivity contribution in [3.8, 4) is 16.9 Å². The fourth-order valence-electron chi connectivity index (χ4n) is 3.58. The standard InChI is InChI=1S/C26H29ClO5/c1-4-6-7-8-9-19-14-21-24(15-23(19)32-17(3)26(29)30-5-2)31-16-22(25(21)28)18-10-12-20(27)13-11-18/h10-17H,4-9H2,1-3H3. The van der Waals surface area contributed by atoms with Crippen LogP contribution in [0.3, 0.4) is 0 Å². The molecule has 3 rings (SSSR count). The minimum atomic E-state index is -0.762. The Balaban J connectivity index is 2.01. The fourth-order valence-corrected chi connectivity index (χ4v) is 3.70. The Hall–Kier alpha value is -2.79. The Bertz CT molecular complexity index is 1120. The molecular weight excluding hydrogens is 428 g/mol. The molecule has 0 aliphatic heterocycles. The number of carbonyl (C=O) groups is 1. The lowest BCUT2D eigenvalue weighted by molar-refractivity contribution is -0.150. The first-order chi connectivity index (χ1) is 15.4. The van der Waals surface area contributed by atoms with E-state index in [0.29, 0.717) is 27.3 Å². The molecule has 0 spiro atoms. The normalized spacial score (nSPS) is 12.0. The van der Waals surface area contributed by atoms with Gasteiger partial charge in [-0.15, -0.1) is 0 Å². The Kier molecular flexibility index (Phi) is 8.34. The van der Waals surface area contributed by atoms with Gasteiger partial charge in [0.15, 0.2) is 6.10 Å². The van der Waals surface area contributed by atoms with Crippen LogP contribution in [-0.2, 0) is 16.0 Å². The highest BCUT2D eigenvalue weighted by Crippen LogP contribution is 2.29. The molecule has 0 N–H and O–H groups in total. The zero-order chi connectivity index (χ0) is 23.1. The van der Waals surface area contributed by atoms with Crippen LogP contribution in [0.1, 0.15) is 52.0 Å². The van der Waals surface area contributed by atoms with Crippen LogP contribution in [0.25, 0.3) is 22.1 Å². The number of hydrogen-bond acceptors (Lipinski definition) is 5. The highest BCUT2D eigenvalue weighted by atomic mass is 35.5. The summed E-state index contributed by atoms with van der Waals surface area (Å²) in [6, 6.07) is 10.6. The highest BCUT2D eigenvalue weighted by molar-refractivity contribution is 6.30. The molecule has 170 valence electrons. The molecule has 0 saturated carbocycles. The van der Waals surface area contributed by atoms with Crippen molar-refractivity contribution in [1.82, 2.24) is 0 Å². The summed E-state index contributed by atoms with van der Waals surface area (Å²) >= 11 is 5.98. The van der Waals surface area contributed by atoms with Gasteiger partial charge < -0.3 is 13.9 Å². The number of hydrogen-bond donors (Lipinski definition) is 0. The number of halogens is 1. The third kappa shape index (κ3) is 5.71. The third-order valence-electron chi connectivity index (χ3n) is 5.33. The molecule has 0 aliphatic rings. The summed E-state index contributed by atoms with van der Waals surface area (Å²) in [4.78, 5) is 25.3. The molecular formula is C26H29ClO5. The van der Waals surface area contributed by atoms with E-state index in [0.717, 1.165) is 43.2 Å². The van der Waals surface area contributed by atoms with E-state index in [1.165, 1.54) is 6.26 Å². The first-order valence-corrected chi connectivity index (χ1v) is 11.5. The van der Waals surface area contributed by atoms with Crippen molar-refractivity contribution in [2.75, 3.05) is 6.61 Å². The van der Waals surface area contributed by atoms with E-state index in [-0.39, 0.29) is 12.0 Å². The molecule has 5 nitrogen and oxygen atoms in total. The molecule has 6 heteroatoms. The van der Waals surface area contributed by atoms with E-state index in [1.807, 2.05) is 6.07 Å². The molecule has 32 heavy (non-hydrogen) atoms. The number of fused-ring (bicyclic) bond motifs is 1.